The Labute approximate surface area is 124 Å². The molecule has 0 unspecified atom stereocenters. The van der Waals surface area contributed by atoms with Crippen LogP contribution in [0.2, 0.25) is 0 Å². The molecule has 2 aromatic carbocycles. The van der Waals surface area contributed by atoms with Gasteiger partial charge in [-0.25, -0.2) is 0 Å². The SMILES string of the molecule is COc1cc(CNc2ccc(Br)cc2)cc([N+](=O)[O-])c1. The fourth-order valence-electron chi connectivity index (χ4n) is 1.74. The summed E-state index contributed by atoms with van der Waals surface area (Å²) in [6.07, 6.45) is 0. The molecule has 0 aliphatic carbocycles. The molecule has 0 heterocycles. The fraction of sp³-hybridized carbons (Fsp3) is 0.143. The van der Waals surface area contributed by atoms with Crippen molar-refractivity contribution in [2.24, 2.45) is 0 Å². The molecule has 0 saturated heterocycles. The van der Waals surface area contributed by atoms with Crippen LogP contribution in [0.4, 0.5) is 11.4 Å². The summed E-state index contributed by atoms with van der Waals surface area (Å²) in [5.41, 5.74) is 1.76. The lowest BCUT2D eigenvalue weighted by Gasteiger charge is -2.08. The summed E-state index contributed by atoms with van der Waals surface area (Å²) in [6.45, 7) is 0.486. The van der Waals surface area contributed by atoms with Crippen LogP contribution in [0.25, 0.3) is 0 Å². The summed E-state index contributed by atoms with van der Waals surface area (Å²) in [6, 6.07) is 12.4. The zero-order valence-corrected chi connectivity index (χ0v) is 12.4. The van der Waals surface area contributed by atoms with Crippen LogP contribution in [0.15, 0.2) is 46.9 Å². The van der Waals surface area contributed by atoms with Gasteiger partial charge in [0.15, 0.2) is 0 Å². The van der Waals surface area contributed by atoms with Crippen LogP contribution in [-0.4, -0.2) is 12.0 Å². The van der Waals surface area contributed by atoms with Gasteiger partial charge in [-0.2, -0.15) is 0 Å². The third-order valence-electron chi connectivity index (χ3n) is 2.74. The Kier molecular flexibility index (Phi) is 4.57. The number of rotatable bonds is 5. The monoisotopic (exact) mass is 336 g/mol. The Balaban J connectivity index is 2.14. The molecule has 1 N–H and O–H groups in total. The minimum atomic E-state index is -0.425. The number of non-ortho nitro benzene ring substituents is 1. The molecule has 0 fully saturated rings. The maximum atomic E-state index is 10.9. The van der Waals surface area contributed by atoms with Crippen LogP contribution in [0.5, 0.6) is 5.75 Å². The molecule has 0 amide bonds. The lowest BCUT2D eigenvalue weighted by atomic mass is 10.2. The average molecular weight is 337 g/mol. The van der Waals surface area contributed by atoms with E-state index in [0.717, 1.165) is 15.7 Å². The summed E-state index contributed by atoms with van der Waals surface area (Å²) in [5.74, 6) is 0.479. The number of ether oxygens (including phenoxy) is 1. The van der Waals surface area contributed by atoms with Crippen molar-refractivity contribution >= 4 is 27.3 Å². The van der Waals surface area contributed by atoms with Crippen molar-refractivity contribution < 1.29 is 9.66 Å². The first-order chi connectivity index (χ1) is 9.58. The van der Waals surface area contributed by atoms with Crippen molar-refractivity contribution in [2.45, 2.75) is 6.54 Å². The minimum Gasteiger partial charge on any atom is -0.496 e. The summed E-state index contributed by atoms with van der Waals surface area (Å²) in [7, 11) is 1.49. The first kappa shape index (κ1) is 14.3. The molecule has 6 heteroatoms. The standard InChI is InChI=1S/C14H13BrN2O3/c1-20-14-7-10(6-13(8-14)17(18)19)9-16-12-4-2-11(15)3-5-12/h2-8,16H,9H2,1H3. The van der Waals surface area contributed by atoms with Crippen molar-refractivity contribution in [1.29, 1.82) is 0 Å². The number of nitrogens with zero attached hydrogens (tertiary/aromatic N) is 1. The number of methoxy groups -OCH3 is 1. The van der Waals surface area contributed by atoms with Crippen LogP contribution in [0.1, 0.15) is 5.56 Å². The van der Waals surface area contributed by atoms with E-state index in [1.54, 1.807) is 6.07 Å². The van der Waals surface area contributed by atoms with Crippen LogP contribution in [0.3, 0.4) is 0 Å². The lowest BCUT2D eigenvalue weighted by molar-refractivity contribution is -0.385. The minimum absolute atomic E-state index is 0.0250. The second-order valence-electron chi connectivity index (χ2n) is 4.16. The van der Waals surface area contributed by atoms with Gasteiger partial charge >= 0.3 is 0 Å². The Morgan fingerprint density at radius 3 is 2.55 bits per heavy atom. The van der Waals surface area contributed by atoms with Crippen molar-refractivity contribution in [3.8, 4) is 5.75 Å². The molecule has 0 aliphatic heterocycles. The molecule has 0 aliphatic rings. The Morgan fingerprint density at radius 2 is 1.95 bits per heavy atom. The highest BCUT2D eigenvalue weighted by atomic mass is 79.9. The number of nitro benzene ring substituents is 1. The van der Waals surface area contributed by atoms with Crippen LogP contribution >= 0.6 is 15.9 Å². The van der Waals surface area contributed by atoms with Gasteiger partial charge in [0.1, 0.15) is 5.75 Å². The fourth-order valence-corrected chi connectivity index (χ4v) is 2.00. The van der Waals surface area contributed by atoms with Crippen LogP contribution in [0, 0.1) is 10.1 Å². The zero-order chi connectivity index (χ0) is 14.5. The van der Waals surface area contributed by atoms with Crippen LogP contribution < -0.4 is 10.1 Å². The molecule has 2 rings (SSSR count). The van der Waals surface area contributed by atoms with E-state index < -0.39 is 4.92 Å². The number of hydrogen-bond donors (Lipinski definition) is 1. The predicted molar refractivity (Wildman–Crippen MR) is 81.1 cm³/mol. The number of hydrogen-bond acceptors (Lipinski definition) is 4. The Hall–Kier alpha value is -2.08. The summed E-state index contributed by atoms with van der Waals surface area (Å²) in [5, 5.41) is 14.1. The lowest BCUT2D eigenvalue weighted by Crippen LogP contribution is -2.01. The number of nitrogens with one attached hydrogen (secondary N) is 1. The first-order valence-corrected chi connectivity index (χ1v) is 6.69. The Bertz CT molecular complexity index is 614. The third kappa shape index (κ3) is 3.71. The highest BCUT2D eigenvalue weighted by Gasteiger charge is 2.10. The van der Waals surface area contributed by atoms with E-state index in [1.165, 1.54) is 19.2 Å². The van der Waals surface area contributed by atoms with Crippen LogP contribution in [-0.2, 0) is 6.54 Å². The quantitative estimate of drug-likeness (QED) is 0.662. The first-order valence-electron chi connectivity index (χ1n) is 5.90. The van der Waals surface area contributed by atoms with E-state index in [0.29, 0.717) is 12.3 Å². The second-order valence-corrected chi connectivity index (χ2v) is 5.07. The smallest absolute Gasteiger partial charge is 0.273 e. The highest BCUT2D eigenvalue weighted by Crippen LogP contribution is 2.23. The van der Waals surface area contributed by atoms with Crippen molar-refractivity contribution in [1.82, 2.24) is 0 Å². The number of anilines is 1. The van der Waals surface area contributed by atoms with E-state index in [2.05, 4.69) is 21.2 Å². The maximum absolute atomic E-state index is 10.9. The van der Waals surface area contributed by atoms with E-state index in [1.807, 2.05) is 24.3 Å². The zero-order valence-electron chi connectivity index (χ0n) is 10.8. The normalized spacial score (nSPS) is 10.1. The predicted octanol–water partition coefficient (Wildman–Crippen LogP) is 3.98. The number of nitro groups is 1. The van der Waals surface area contributed by atoms with Gasteiger partial charge in [0.25, 0.3) is 5.69 Å². The van der Waals surface area contributed by atoms with E-state index in [-0.39, 0.29) is 5.69 Å². The van der Waals surface area contributed by atoms with E-state index in [4.69, 9.17) is 4.74 Å². The van der Waals surface area contributed by atoms with Crippen molar-refractivity contribution in [3.63, 3.8) is 0 Å². The van der Waals surface area contributed by atoms with Gasteiger partial charge in [0.05, 0.1) is 18.1 Å². The molecule has 2 aromatic rings. The molecule has 0 spiro atoms. The van der Waals surface area contributed by atoms with Gasteiger partial charge < -0.3 is 10.1 Å². The molecule has 104 valence electrons. The van der Waals surface area contributed by atoms with Gasteiger partial charge in [-0.15, -0.1) is 0 Å². The molecule has 0 saturated carbocycles. The molecule has 20 heavy (non-hydrogen) atoms. The molecule has 0 bridgehead atoms. The molecule has 0 atom stereocenters. The van der Waals surface area contributed by atoms with E-state index >= 15 is 0 Å². The van der Waals surface area contributed by atoms with Crippen molar-refractivity contribution in [2.75, 3.05) is 12.4 Å². The number of halogens is 1. The molecular weight excluding hydrogens is 324 g/mol. The molecule has 0 aromatic heterocycles. The molecule has 0 radical (unpaired) electrons. The second kappa shape index (κ2) is 6.38. The van der Waals surface area contributed by atoms with E-state index in [9.17, 15) is 10.1 Å². The maximum Gasteiger partial charge on any atom is 0.273 e. The van der Waals surface area contributed by atoms with Gasteiger partial charge in [0, 0.05) is 22.8 Å². The van der Waals surface area contributed by atoms with Gasteiger partial charge in [-0.3, -0.25) is 10.1 Å². The summed E-state index contributed by atoms with van der Waals surface area (Å²) >= 11 is 3.37. The Morgan fingerprint density at radius 1 is 1.25 bits per heavy atom. The molecular formula is C14H13BrN2O3. The van der Waals surface area contributed by atoms with Gasteiger partial charge in [0.2, 0.25) is 0 Å². The number of benzene rings is 2. The van der Waals surface area contributed by atoms with Crippen molar-refractivity contribution in [3.05, 3.63) is 62.6 Å². The summed E-state index contributed by atoms with van der Waals surface area (Å²) < 4.78 is 6.08. The van der Waals surface area contributed by atoms with Gasteiger partial charge in [-0.05, 0) is 35.9 Å². The highest BCUT2D eigenvalue weighted by molar-refractivity contribution is 9.10. The van der Waals surface area contributed by atoms with Gasteiger partial charge in [-0.1, -0.05) is 15.9 Å². The third-order valence-corrected chi connectivity index (χ3v) is 3.27. The summed E-state index contributed by atoms with van der Waals surface area (Å²) in [4.78, 5) is 10.4. The largest absolute Gasteiger partial charge is 0.496 e. The molecule has 5 nitrogen and oxygen atoms in total. The topological polar surface area (TPSA) is 64.4 Å². The average Bonchev–Trinajstić information content (AvgIpc) is 2.46.